The lowest BCUT2D eigenvalue weighted by atomic mass is 9.81. The van der Waals surface area contributed by atoms with Gasteiger partial charge in [-0.05, 0) is 58.0 Å². The number of rotatable bonds is 10. The van der Waals surface area contributed by atoms with E-state index in [0.29, 0.717) is 33.7 Å². The molecular formula is C29H28ClFN6O3S. The van der Waals surface area contributed by atoms with E-state index in [1.165, 1.54) is 24.9 Å². The van der Waals surface area contributed by atoms with Crippen LogP contribution in [0.2, 0.25) is 5.02 Å². The normalized spacial score (nSPS) is 11.5. The van der Waals surface area contributed by atoms with Crippen LogP contribution in [0, 0.1) is 5.82 Å². The third kappa shape index (κ3) is 5.59. The van der Waals surface area contributed by atoms with Gasteiger partial charge in [-0.15, -0.1) is 5.10 Å². The van der Waals surface area contributed by atoms with Gasteiger partial charge in [-0.3, -0.25) is 4.57 Å². The highest BCUT2D eigenvalue weighted by Gasteiger charge is 2.31. The van der Waals surface area contributed by atoms with E-state index in [1.54, 1.807) is 26.4 Å². The first-order valence-electron chi connectivity index (χ1n) is 12.6. The Kier molecular flexibility index (Phi) is 8.18. The molecule has 5 aromatic rings. The van der Waals surface area contributed by atoms with E-state index in [0.717, 1.165) is 27.7 Å². The lowest BCUT2D eigenvalue weighted by Crippen LogP contribution is -2.23. The number of methoxy groups -OCH3 is 3. The van der Waals surface area contributed by atoms with Crippen LogP contribution in [-0.4, -0.2) is 51.5 Å². The van der Waals surface area contributed by atoms with Crippen molar-refractivity contribution in [2.45, 2.75) is 30.2 Å². The lowest BCUT2D eigenvalue weighted by molar-refractivity contribution is 0.353. The molecule has 0 saturated heterocycles. The van der Waals surface area contributed by atoms with Crippen molar-refractivity contribution in [1.82, 2.24) is 30.2 Å². The number of thioether (sulfide) groups is 1. The van der Waals surface area contributed by atoms with Crippen LogP contribution in [0.25, 0.3) is 17.1 Å². The Morgan fingerprint density at radius 3 is 2.44 bits per heavy atom. The molecule has 0 saturated carbocycles. The van der Waals surface area contributed by atoms with E-state index in [9.17, 15) is 4.39 Å². The summed E-state index contributed by atoms with van der Waals surface area (Å²) in [6.07, 6.45) is 1.85. The molecule has 3 aromatic carbocycles. The Morgan fingerprint density at radius 1 is 0.951 bits per heavy atom. The number of imidazole rings is 1. The summed E-state index contributed by atoms with van der Waals surface area (Å²) in [5.74, 6) is 2.04. The minimum atomic E-state index is -0.528. The number of halogens is 2. The number of aromatic amines is 1. The van der Waals surface area contributed by atoms with Gasteiger partial charge in [0.05, 0.1) is 43.9 Å². The van der Waals surface area contributed by atoms with E-state index in [2.05, 4.69) is 34.5 Å². The molecule has 0 unspecified atom stereocenters. The zero-order valence-corrected chi connectivity index (χ0v) is 24.7. The summed E-state index contributed by atoms with van der Waals surface area (Å²) in [7, 11) is 4.66. The van der Waals surface area contributed by atoms with Crippen LogP contribution in [0.1, 0.15) is 30.7 Å². The maximum Gasteiger partial charge on any atom is 0.180 e. The molecule has 0 amide bonds. The van der Waals surface area contributed by atoms with Crippen LogP contribution in [0.3, 0.4) is 0 Å². The van der Waals surface area contributed by atoms with Crippen molar-refractivity contribution in [2.75, 3.05) is 21.3 Å². The number of H-pyrrole nitrogens is 1. The number of ether oxygens (including phenoxy) is 3. The maximum absolute atomic E-state index is 14.4. The monoisotopic (exact) mass is 594 g/mol. The molecule has 1 N–H and O–H groups in total. The first-order chi connectivity index (χ1) is 19.8. The van der Waals surface area contributed by atoms with Gasteiger partial charge in [0.25, 0.3) is 0 Å². The van der Waals surface area contributed by atoms with Gasteiger partial charge in [0, 0.05) is 22.8 Å². The van der Waals surface area contributed by atoms with Crippen molar-refractivity contribution in [3.05, 3.63) is 88.5 Å². The predicted molar refractivity (Wildman–Crippen MR) is 156 cm³/mol. The molecule has 0 fully saturated rings. The number of tetrazole rings is 1. The summed E-state index contributed by atoms with van der Waals surface area (Å²) in [5, 5.41) is 15.3. The Labute approximate surface area is 246 Å². The van der Waals surface area contributed by atoms with Gasteiger partial charge in [-0.25, -0.2) is 14.5 Å². The third-order valence-corrected chi connectivity index (χ3v) is 8.22. The first kappa shape index (κ1) is 28.4. The topological polar surface area (TPSA) is 100.0 Å². The average Bonchev–Trinajstić information content (AvgIpc) is 3.68. The average molecular weight is 595 g/mol. The number of benzene rings is 3. The Hall–Kier alpha value is -4.09. The van der Waals surface area contributed by atoms with Gasteiger partial charge in [-0.1, -0.05) is 49.3 Å². The second-order valence-electron chi connectivity index (χ2n) is 9.63. The lowest BCUT2D eigenvalue weighted by Gasteiger charge is -2.28. The molecular weight excluding hydrogens is 567 g/mol. The van der Waals surface area contributed by atoms with Crippen molar-refractivity contribution < 1.29 is 18.6 Å². The SMILES string of the molecule is COc1cc(-n2c(C(C)(C)c3ccc(OC)c(OC)c3)cnc2SCc2ccc(Cl)c(-c3nnn[nH]3)c2)ccc1F. The molecule has 0 spiro atoms. The molecule has 0 atom stereocenters. The zero-order valence-electron chi connectivity index (χ0n) is 23.1. The minimum absolute atomic E-state index is 0.144. The number of nitrogens with one attached hydrogen (secondary N) is 1. The molecule has 41 heavy (non-hydrogen) atoms. The van der Waals surface area contributed by atoms with Crippen molar-refractivity contribution in [1.29, 1.82) is 0 Å². The fraction of sp³-hybridized carbons (Fsp3) is 0.241. The summed E-state index contributed by atoms with van der Waals surface area (Å²) in [5.41, 5.74) is 3.78. The van der Waals surface area contributed by atoms with E-state index >= 15 is 0 Å². The molecule has 0 radical (unpaired) electrons. The van der Waals surface area contributed by atoms with E-state index in [1.807, 2.05) is 47.2 Å². The van der Waals surface area contributed by atoms with Crippen LogP contribution in [0.4, 0.5) is 4.39 Å². The molecule has 0 aliphatic rings. The highest BCUT2D eigenvalue weighted by Crippen LogP contribution is 2.40. The fourth-order valence-corrected chi connectivity index (χ4v) is 5.69. The summed E-state index contributed by atoms with van der Waals surface area (Å²) in [6.45, 7) is 4.21. The van der Waals surface area contributed by atoms with Crippen molar-refractivity contribution in [3.63, 3.8) is 0 Å². The molecule has 0 bridgehead atoms. The van der Waals surface area contributed by atoms with Crippen LogP contribution >= 0.6 is 23.4 Å². The molecule has 0 aliphatic heterocycles. The molecule has 12 heteroatoms. The first-order valence-corrected chi connectivity index (χ1v) is 13.9. The highest BCUT2D eigenvalue weighted by atomic mass is 35.5. The molecule has 0 aliphatic carbocycles. The molecule has 9 nitrogen and oxygen atoms in total. The Bertz CT molecular complexity index is 1680. The largest absolute Gasteiger partial charge is 0.494 e. The van der Waals surface area contributed by atoms with Gasteiger partial charge in [0.1, 0.15) is 0 Å². The van der Waals surface area contributed by atoms with E-state index in [4.69, 9.17) is 30.8 Å². The smallest absolute Gasteiger partial charge is 0.180 e. The number of hydrogen-bond donors (Lipinski definition) is 1. The van der Waals surface area contributed by atoms with Gasteiger partial charge in [0.2, 0.25) is 0 Å². The predicted octanol–water partition coefficient (Wildman–Crippen LogP) is 6.49. The van der Waals surface area contributed by atoms with Crippen molar-refractivity contribution in [3.8, 4) is 34.3 Å². The standard InChI is InChI=1S/C29H28ClFN6O3S/c1-29(2,18-7-11-23(38-3)25(13-18)40-5)26-15-32-28(37(26)19-8-10-22(31)24(14-19)39-4)41-16-17-6-9-21(30)20(12-17)27-33-35-36-34-27/h6-15H,16H2,1-5H3,(H,33,34,35,36). The van der Waals surface area contributed by atoms with Crippen molar-refractivity contribution in [2.24, 2.45) is 0 Å². The van der Waals surface area contributed by atoms with Gasteiger partial charge >= 0.3 is 0 Å². The van der Waals surface area contributed by atoms with Crippen LogP contribution in [0.5, 0.6) is 17.2 Å². The van der Waals surface area contributed by atoms with E-state index < -0.39 is 11.2 Å². The zero-order chi connectivity index (χ0) is 29.1. The maximum atomic E-state index is 14.4. The van der Waals surface area contributed by atoms with E-state index in [-0.39, 0.29) is 5.75 Å². The Balaban J connectivity index is 1.57. The minimum Gasteiger partial charge on any atom is -0.494 e. The number of nitrogens with zero attached hydrogens (tertiary/aromatic N) is 5. The van der Waals surface area contributed by atoms with Crippen LogP contribution in [0.15, 0.2) is 66.0 Å². The third-order valence-electron chi connectivity index (χ3n) is 6.87. The van der Waals surface area contributed by atoms with Crippen LogP contribution in [-0.2, 0) is 11.2 Å². The van der Waals surface area contributed by atoms with Gasteiger partial charge in [-0.2, -0.15) is 0 Å². The summed E-state index contributed by atoms with van der Waals surface area (Å²) < 4.78 is 32.8. The van der Waals surface area contributed by atoms with Gasteiger partial charge in [0.15, 0.2) is 34.0 Å². The van der Waals surface area contributed by atoms with Crippen molar-refractivity contribution >= 4 is 23.4 Å². The van der Waals surface area contributed by atoms with Crippen LogP contribution < -0.4 is 14.2 Å². The molecule has 5 rings (SSSR count). The summed E-state index contributed by atoms with van der Waals surface area (Å²) in [6, 6.07) is 16.3. The quantitative estimate of drug-likeness (QED) is 0.183. The second kappa shape index (κ2) is 11.8. The Morgan fingerprint density at radius 2 is 1.73 bits per heavy atom. The number of hydrogen-bond acceptors (Lipinski definition) is 8. The second-order valence-corrected chi connectivity index (χ2v) is 11.0. The molecule has 2 aromatic heterocycles. The summed E-state index contributed by atoms with van der Waals surface area (Å²) >= 11 is 7.94. The molecule has 2 heterocycles. The van der Waals surface area contributed by atoms with Gasteiger partial charge < -0.3 is 14.2 Å². The molecule has 212 valence electrons. The number of aromatic nitrogens is 6. The fourth-order valence-electron chi connectivity index (χ4n) is 4.55. The highest BCUT2D eigenvalue weighted by molar-refractivity contribution is 7.98. The summed E-state index contributed by atoms with van der Waals surface area (Å²) in [4.78, 5) is 4.81.